The minimum Gasteiger partial charge on any atom is -0.494 e. The molecule has 0 heterocycles. The first kappa shape index (κ1) is 14.4. The summed E-state index contributed by atoms with van der Waals surface area (Å²) in [5.74, 6) is 1.79. The van der Waals surface area contributed by atoms with Crippen LogP contribution in [0.2, 0.25) is 0 Å². The highest BCUT2D eigenvalue weighted by Crippen LogP contribution is 2.13. The predicted octanol–water partition coefficient (Wildman–Crippen LogP) is 2.79. The Kier molecular flexibility index (Phi) is 6.05. The van der Waals surface area contributed by atoms with Crippen LogP contribution < -0.4 is 10.5 Å². The molecule has 0 saturated heterocycles. The van der Waals surface area contributed by atoms with Crippen molar-refractivity contribution >= 4 is 5.84 Å². The molecule has 0 atom stereocenters. The number of hydrogen-bond donors (Lipinski definition) is 2. The summed E-state index contributed by atoms with van der Waals surface area (Å²) in [5, 5.41) is 11.4. The van der Waals surface area contributed by atoms with Gasteiger partial charge in [0.15, 0.2) is 0 Å². The van der Waals surface area contributed by atoms with Gasteiger partial charge in [0, 0.05) is 6.42 Å². The summed E-state index contributed by atoms with van der Waals surface area (Å²) in [5.41, 5.74) is 6.44. The van der Waals surface area contributed by atoms with E-state index in [9.17, 15) is 0 Å². The third kappa shape index (κ3) is 5.57. The first-order valence-corrected chi connectivity index (χ1v) is 6.30. The van der Waals surface area contributed by atoms with Crippen molar-refractivity contribution < 1.29 is 9.94 Å². The van der Waals surface area contributed by atoms with Gasteiger partial charge in [-0.15, -0.1) is 0 Å². The van der Waals surface area contributed by atoms with Crippen LogP contribution >= 0.6 is 0 Å². The van der Waals surface area contributed by atoms with E-state index >= 15 is 0 Å². The van der Waals surface area contributed by atoms with Crippen molar-refractivity contribution in [2.75, 3.05) is 6.61 Å². The fraction of sp³-hybridized carbons (Fsp3) is 0.500. The van der Waals surface area contributed by atoms with Gasteiger partial charge in [-0.05, 0) is 36.5 Å². The molecule has 100 valence electrons. The van der Waals surface area contributed by atoms with Gasteiger partial charge >= 0.3 is 0 Å². The number of hydrogen-bond acceptors (Lipinski definition) is 3. The highest BCUT2D eigenvalue weighted by molar-refractivity contribution is 5.81. The average Bonchev–Trinajstić information content (AvgIpc) is 2.36. The van der Waals surface area contributed by atoms with E-state index in [1.165, 1.54) is 6.42 Å². The molecule has 1 aromatic rings. The van der Waals surface area contributed by atoms with Crippen molar-refractivity contribution in [3.05, 3.63) is 29.8 Å². The Hall–Kier alpha value is -1.71. The molecule has 0 amide bonds. The summed E-state index contributed by atoms with van der Waals surface area (Å²) in [7, 11) is 0. The zero-order valence-corrected chi connectivity index (χ0v) is 11.1. The van der Waals surface area contributed by atoms with Crippen LogP contribution in [0.15, 0.2) is 29.4 Å². The third-order valence-corrected chi connectivity index (χ3v) is 2.63. The van der Waals surface area contributed by atoms with E-state index in [0.29, 0.717) is 6.42 Å². The second kappa shape index (κ2) is 7.58. The van der Waals surface area contributed by atoms with Gasteiger partial charge in [0.1, 0.15) is 11.6 Å². The van der Waals surface area contributed by atoms with Crippen molar-refractivity contribution in [2.24, 2.45) is 16.8 Å². The van der Waals surface area contributed by atoms with Crippen LogP contribution in [-0.2, 0) is 6.42 Å². The minimum absolute atomic E-state index is 0.209. The lowest BCUT2D eigenvalue weighted by Crippen LogP contribution is -2.14. The minimum atomic E-state index is 0.209. The molecule has 1 aromatic carbocycles. The fourth-order valence-corrected chi connectivity index (χ4v) is 1.63. The second-order valence-electron chi connectivity index (χ2n) is 4.80. The number of benzene rings is 1. The van der Waals surface area contributed by atoms with Crippen molar-refractivity contribution in [3.63, 3.8) is 0 Å². The Morgan fingerprint density at radius 2 is 2.00 bits per heavy atom. The average molecular weight is 250 g/mol. The number of amidine groups is 1. The van der Waals surface area contributed by atoms with Gasteiger partial charge in [-0.2, -0.15) is 0 Å². The summed E-state index contributed by atoms with van der Waals surface area (Å²) in [4.78, 5) is 0. The maximum atomic E-state index is 8.48. The maximum Gasteiger partial charge on any atom is 0.143 e. The second-order valence-corrected chi connectivity index (χ2v) is 4.80. The molecule has 0 unspecified atom stereocenters. The van der Waals surface area contributed by atoms with Gasteiger partial charge in [0.25, 0.3) is 0 Å². The van der Waals surface area contributed by atoms with Crippen LogP contribution in [0, 0.1) is 5.92 Å². The predicted molar refractivity (Wildman–Crippen MR) is 73.1 cm³/mol. The van der Waals surface area contributed by atoms with Crippen LogP contribution in [0.3, 0.4) is 0 Å². The molecule has 3 N–H and O–H groups in total. The fourth-order valence-electron chi connectivity index (χ4n) is 1.63. The molecular weight excluding hydrogens is 228 g/mol. The van der Waals surface area contributed by atoms with Crippen LogP contribution in [-0.4, -0.2) is 17.6 Å². The monoisotopic (exact) mass is 250 g/mol. The molecule has 0 saturated carbocycles. The molecule has 0 spiro atoms. The van der Waals surface area contributed by atoms with Gasteiger partial charge in [-0.1, -0.05) is 31.1 Å². The number of oxime groups is 1. The molecule has 1 rings (SSSR count). The van der Waals surface area contributed by atoms with Gasteiger partial charge in [-0.3, -0.25) is 0 Å². The van der Waals surface area contributed by atoms with Gasteiger partial charge in [-0.25, -0.2) is 0 Å². The molecule has 0 aliphatic heterocycles. The molecule has 4 heteroatoms. The lowest BCUT2D eigenvalue weighted by molar-refractivity contribution is 0.297. The molecular formula is C14H22N2O2. The first-order chi connectivity index (χ1) is 8.61. The largest absolute Gasteiger partial charge is 0.494 e. The lowest BCUT2D eigenvalue weighted by Gasteiger charge is -2.08. The van der Waals surface area contributed by atoms with E-state index in [2.05, 4.69) is 19.0 Å². The Balaban J connectivity index is 2.36. The van der Waals surface area contributed by atoms with Gasteiger partial charge < -0.3 is 15.7 Å². The molecule has 0 fully saturated rings. The number of rotatable bonds is 7. The molecule has 0 aliphatic carbocycles. The standard InChI is InChI=1S/C14H22N2O2/c1-11(2)4-3-9-18-13-7-5-12(6-8-13)10-14(15)16-17/h5-8,11,17H,3-4,9-10H2,1-2H3,(H2,15,16). The number of nitrogens with two attached hydrogens (primary N) is 1. The lowest BCUT2D eigenvalue weighted by atomic mass is 10.1. The van der Waals surface area contributed by atoms with Crippen molar-refractivity contribution in [1.29, 1.82) is 0 Å². The Bertz CT molecular complexity index is 372. The molecule has 18 heavy (non-hydrogen) atoms. The normalized spacial score (nSPS) is 11.8. The Labute approximate surface area is 108 Å². The quantitative estimate of drug-likeness (QED) is 0.257. The number of ether oxygens (including phenoxy) is 1. The van der Waals surface area contributed by atoms with E-state index in [1.807, 2.05) is 24.3 Å². The third-order valence-electron chi connectivity index (χ3n) is 2.63. The molecule has 4 nitrogen and oxygen atoms in total. The maximum absolute atomic E-state index is 8.48. The Morgan fingerprint density at radius 1 is 1.33 bits per heavy atom. The van der Waals surface area contributed by atoms with Crippen molar-refractivity contribution in [2.45, 2.75) is 33.1 Å². The van der Waals surface area contributed by atoms with Crippen LogP contribution in [0.1, 0.15) is 32.3 Å². The summed E-state index contributed by atoms with van der Waals surface area (Å²) >= 11 is 0. The molecule has 0 aliphatic rings. The molecule has 0 aromatic heterocycles. The molecule has 0 radical (unpaired) electrons. The van der Waals surface area contributed by atoms with Crippen LogP contribution in [0.4, 0.5) is 0 Å². The van der Waals surface area contributed by atoms with Crippen molar-refractivity contribution in [3.8, 4) is 5.75 Å². The van der Waals surface area contributed by atoms with Crippen molar-refractivity contribution in [1.82, 2.24) is 0 Å². The highest BCUT2D eigenvalue weighted by Gasteiger charge is 1.99. The Morgan fingerprint density at radius 3 is 2.56 bits per heavy atom. The summed E-state index contributed by atoms with van der Waals surface area (Å²) in [6, 6.07) is 7.68. The van der Waals surface area contributed by atoms with Gasteiger partial charge in [0.2, 0.25) is 0 Å². The van der Waals surface area contributed by atoms with E-state index in [4.69, 9.17) is 15.7 Å². The van der Waals surface area contributed by atoms with Crippen LogP contribution in [0.25, 0.3) is 0 Å². The highest BCUT2D eigenvalue weighted by atomic mass is 16.5. The smallest absolute Gasteiger partial charge is 0.143 e. The first-order valence-electron chi connectivity index (χ1n) is 6.30. The van der Waals surface area contributed by atoms with E-state index < -0.39 is 0 Å². The van der Waals surface area contributed by atoms with E-state index in [-0.39, 0.29) is 5.84 Å². The summed E-state index contributed by atoms with van der Waals surface area (Å²) < 4.78 is 5.63. The van der Waals surface area contributed by atoms with E-state index in [1.54, 1.807) is 0 Å². The summed E-state index contributed by atoms with van der Waals surface area (Å²) in [6.45, 7) is 5.17. The summed E-state index contributed by atoms with van der Waals surface area (Å²) in [6.07, 6.45) is 2.70. The molecule has 0 bridgehead atoms. The zero-order chi connectivity index (χ0) is 13.4. The van der Waals surface area contributed by atoms with Crippen LogP contribution in [0.5, 0.6) is 5.75 Å². The van der Waals surface area contributed by atoms with E-state index in [0.717, 1.165) is 30.3 Å². The zero-order valence-electron chi connectivity index (χ0n) is 11.1. The number of nitrogens with zero attached hydrogens (tertiary/aromatic N) is 1. The van der Waals surface area contributed by atoms with Gasteiger partial charge in [0.05, 0.1) is 6.61 Å². The topological polar surface area (TPSA) is 67.8 Å². The SMILES string of the molecule is CC(C)CCCOc1ccc(C/C(N)=N/O)cc1.